The number of carboxylic acids is 1. The van der Waals surface area contributed by atoms with Crippen LogP contribution in [0.2, 0.25) is 0 Å². The van der Waals surface area contributed by atoms with E-state index < -0.39 is 12.1 Å². The molecule has 2 N–H and O–H groups in total. The molecule has 0 aliphatic carbocycles. The zero-order valence-corrected chi connectivity index (χ0v) is 7.80. The van der Waals surface area contributed by atoms with Crippen LogP contribution < -0.4 is 0 Å². The molecule has 15 heavy (non-hydrogen) atoms. The van der Waals surface area contributed by atoms with Crippen LogP contribution in [0.5, 0.6) is 5.75 Å². The van der Waals surface area contributed by atoms with E-state index in [2.05, 4.69) is 0 Å². The second-order valence-corrected chi connectivity index (χ2v) is 2.93. The molecule has 1 rings (SSSR count). The Morgan fingerprint density at radius 2 is 1.93 bits per heavy atom. The molecule has 1 aromatic carbocycles. The van der Waals surface area contributed by atoms with E-state index in [1.54, 1.807) is 12.1 Å². The van der Waals surface area contributed by atoms with Crippen LogP contribution in [0.15, 0.2) is 24.3 Å². The van der Waals surface area contributed by atoms with E-state index in [1.807, 2.05) is 0 Å². The van der Waals surface area contributed by atoms with Gasteiger partial charge in [0, 0.05) is 13.5 Å². The van der Waals surface area contributed by atoms with Crippen molar-refractivity contribution in [2.45, 2.75) is 12.5 Å². The van der Waals surface area contributed by atoms with E-state index in [1.165, 1.54) is 19.2 Å². The van der Waals surface area contributed by atoms with Crippen molar-refractivity contribution in [1.29, 1.82) is 0 Å². The van der Waals surface area contributed by atoms with Crippen LogP contribution in [-0.4, -0.2) is 87.6 Å². The fraction of sp³-hybridized carbons (Fsp3) is 0.300. The van der Waals surface area contributed by atoms with Gasteiger partial charge in [-0.05, 0) is 17.7 Å². The SMILES string of the molecule is COC(Cc1ccc(O)cc1)C(=O)O.[RbH]. The zero-order valence-electron chi connectivity index (χ0n) is 7.80. The van der Waals surface area contributed by atoms with Crippen molar-refractivity contribution in [2.24, 2.45) is 0 Å². The fourth-order valence-corrected chi connectivity index (χ4v) is 1.12. The summed E-state index contributed by atoms with van der Waals surface area (Å²) in [5.74, 6) is -0.821. The summed E-state index contributed by atoms with van der Waals surface area (Å²) >= 11 is 0. The predicted molar refractivity (Wildman–Crippen MR) is 57.4 cm³/mol. The van der Waals surface area contributed by atoms with Gasteiger partial charge >= 0.3 is 64.2 Å². The first-order chi connectivity index (χ1) is 6.63. The molecule has 0 saturated carbocycles. The van der Waals surface area contributed by atoms with E-state index in [-0.39, 0.29) is 63.9 Å². The Balaban J connectivity index is 0.00000196. The number of hydrogen-bond acceptors (Lipinski definition) is 3. The van der Waals surface area contributed by atoms with Crippen molar-refractivity contribution in [1.82, 2.24) is 0 Å². The molecular formula is C10H13O4Rb. The summed E-state index contributed by atoms with van der Waals surface area (Å²) in [5, 5.41) is 17.7. The van der Waals surface area contributed by atoms with Crippen LogP contribution in [0.25, 0.3) is 0 Å². The maximum absolute atomic E-state index is 10.6. The summed E-state index contributed by atoms with van der Waals surface area (Å²) in [7, 11) is 1.36. The minimum atomic E-state index is -0.986. The van der Waals surface area contributed by atoms with Crippen molar-refractivity contribution < 1.29 is 19.7 Å². The van der Waals surface area contributed by atoms with E-state index in [4.69, 9.17) is 14.9 Å². The van der Waals surface area contributed by atoms with Crippen molar-refractivity contribution in [3.05, 3.63) is 29.8 Å². The molecule has 1 atom stereocenters. The zero-order chi connectivity index (χ0) is 10.6. The Morgan fingerprint density at radius 1 is 1.40 bits per heavy atom. The first-order valence-corrected chi connectivity index (χ1v) is 4.17. The van der Waals surface area contributed by atoms with Gasteiger partial charge in [0.1, 0.15) is 5.75 Å². The number of carbonyl (C=O) groups is 1. The molecule has 0 radical (unpaired) electrons. The maximum atomic E-state index is 10.6. The van der Waals surface area contributed by atoms with Gasteiger partial charge in [0.15, 0.2) is 6.10 Å². The number of aliphatic carboxylic acids is 1. The van der Waals surface area contributed by atoms with Gasteiger partial charge in [-0.2, -0.15) is 0 Å². The monoisotopic (exact) mass is 282 g/mol. The van der Waals surface area contributed by atoms with E-state index >= 15 is 0 Å². The van der Waals surface area contributed by atoms with Crippen LogP contribution in [0.1, 0.15) is 5.56 Å². The second-order valence-electron chi connectivity index (χ2n) is 2.93. The molecule has 0 aliphatic rings. The van der Waals surface area contributed by atoms with Gasteiger partial charge < -0.3 is 14.9 Å². The Kier molecular flexibility index (Phi) is 7.64. The summed E-state index contributed by atoms with van der Waals surface area (Å²) < 4.78 is 4.78. The number of aromatic hydroxyl groups is 1. The third-order valence-electron chi connectivity index (χ3n) is 1.92. The van der Waals surface area contributed by atoms with Gasteiger partial charge in [0.05, 0.1) is 0 Å². The molecule has 5 heteroatoms. The Bertz CT molecular complexity index is 310. The predicted octanol–water partition coefficient (Wildman–Crippen LogP) is 0.386. The molecule has 4 nitrogen and oxygen atoms in total. The normalized spacial score (nSPS) is 11.5. The van der Waals surface area contributed by atoms with E-state index in [9.17, 15) is 4.79 Å². The number of carboxylic acid groups (broad SMARTS) is 1. The van der Waals surface area contributed by atoms with Gasteiger partial charge in [-0.25, -0.2) is 4.79 Å². The van der Waals surface area contributed by atoms with Gasteiger partial charge in [0.25, 0.3) is 0 Å². The Hall–Kier alpha value is 0.255. The van der Waals surface area contributed by atoms with Crippen LogP contribution in [0.3, 0.4) is 0 Å². The molecule has 1 unspecified atom stereocenters. The average Bonchev–Trinajstić information content (AvgIpc) is 2.16. The van der Waals surface area contributed by atoms with Crippen molar-refractivity contribution in [3.8, 4) is 5.75 Å². The van der Waals surface area contributed by atoms with Crippen molar-refractivity contribution in [3.63, 3.8) is 0 Å². The number of phenols is 1. The molecule has 0 aromatic heterocycles. The molecule has 0 spiro atoms. The molecule has 0 fully saturated rings. The molecule has 78 valence electrons. The summed E-state index contributed by atoms with van der Waals surface area (Å²) in [6.45, 7) is 0. The number of methoxy groups -OCH3 is 1. The molecule has 0 aliphatic heterocycles. The van der Waals surface area contributed by atoms with Gasteiger partial charge in [0.2, 0.25) is 0 Å². The first kappa shape index (κ1) is 15.3. The molecule has 0 amide bonds. The summed E-state index contributed by atoms with van der Waals surface area (Å²) in [5.41, 5.74) is 0.817. The van der Waals surface area contributed by atoms with Gasteiger partial charge in [-0.15, -0.1) is 0 Å². The molecule has 0 bridgehead atoms. The van der Waals surface area contributed by atoms with E-state index in [0.29, 0.717) is 6.42 Å². The number of rotatable bonds is 4. The molecular weight excluding hydrogens is 270 g/mol. The van der Waals surface area contributed by atoms with Gasteiger partial charge in [-0.3, -0.25) is 0 Å². The summed E-state index contributed by atoms with van der Waals surface area (Å²) in [6, 6.07) is 6.38. The topological polar surface area (TPSA) is 66.8 Å². The standard InChI is InChI=1S/C10H12O4.Rb.H/c1-14-9(10(12)13)6-7-2-4-8(11)5-3-7;;/h2-5,9,11H,6H2,1H3,(H,12,13);;. The molecule has 0 heterocycles. The van der Waals surface area contributed by atoms with Crippen LogP contribution in [0, 0.1) is 0 Å². The van der Waals surface area contributed by atoms with Crippen LogP contribution >= 0.6 is 0 Å². The summed E-state index contributed by atoms with van der Waals surface area (Å²) in [6.07, 6.45) is -0.536. The van der Waals surface area contributed by atoms with E-state index in [0.717, 1.165) is 5.56 Å². The third kappa shape index (κ3) is 5.22. The molecule has 0 saturated heterocycles. The number of phenolic OH excluding ortho intramolecular Hbond substituents is 1. The summed E-state index contributed by atoms with van der Waals surface area (Å²) in [4.78, 5) is 10.6. The van der Waals surface area contributed by atoms with Crippen molar-refractivity contribution >= 4 is 64.2 Å². The van der Waals surface area contributed by atoms with Crippen LogP contribution in [-0.2, 0) is 16.0 Å². The Morgan fingerprint density at radius 3 is 2.33 bits per heavy atom. The quantitative estimate of drug-likeness (QED) is 0.838. The minimum absolute atomic E-state index is 0. The second kappa shape index (κ2) is 7.52. The number of hydrogen-bond donors (Lipinski definition) is 2. The number of ether oxygens (including phenoxy) is 1. The van der Waals surface area contributed by atoms with Crippen LogP contribution in [0.4, 0.5) is 0 Å². The first-order valence-electron chi connectivity index (χ1n) is 4.17. The van der Waals surface area contributed by atoms with Gasteiger partial charge in [-0.1, -0.05) is 12.1 Å². The Labute approximate surface area is 137 Å². The average molecular weight is 283 g/mol. The fourth-order valence-electron chi connectivity index (χ4n) is 1.12. The van der Waals surface area contributed by atoms with Crippen molar-refractivity contribution in [2.75, 3.05) is 7.11 Å². The third-order valence-corrected chi connectivity index (χ3v) is 1.92. The number of benzene rings is 1. The molecule has 1 aromatic rings.